The molecule has 8 nitrogen and oxygen atoms in total. The largest absolute Gasteiger partial charge is 0.493 e. The van der Waals surface area contributed by atoms with Gasteiger partial charge in [-0.2, -0.15) is 5.10 Å². The number of aromatic nitrogens is 3. The van der Waals surface area contributed by atoms with E-state index in [0.29, 0.717) is 43.4 Å². The lowest BCUT2D eigenvalue weighted by atomic mass is 9.92. The van der Waals surface area contributed by atoms with Crippen molar-refractivity contribution in [2.45, 2.75) is 45.2 Å². The third kappa shape index (κ3) is 5.92. The summed E-state index contributed by atoms with van der Waals surface area (Å²) in [6.07, 6.45) is 11.6. The number of nitrogens with zero attached hydrogens (tertiary/aromatic N) is 4. The highest BCUT2D eigenvalue weighted by Gasteiger charge is 2.27. The van der Waals surface area contributed by atoms with Gasteiger partial charge in [0.05, 0.1) is 31.1 Å². The van der Waals surface area contributed by atoms with E-state index in [1.165, 1.54) is 24.4 Å². The quantitative estimate of drug-likeness (QED) is 0.115. The minimum absolute atomic E-state index is 0.114. The fourth-order valence-electron chi connectivity index (χ4n) is 6.63. The molecule has 10 heteroatoms. The first kappa shape index (κ1) is 31.5. The SMILES string of the molecule is C=CC(=O)N1CCn2nc(-c3nc4c5ccsc5c3-c3ccc(F)cc3OCCCC/C=C/CCc3cc(NC)c(C=N)cc3-4)cc2C1. The number of carbonyl (C=O) groups excluding carboxylic acids is 1. The number of nitrogens with one attached hydrogen (secondary N) is 2. The number of benzene rings is 2. The molecule has 0 radical (unpaired) electrons. The van der Waals surface area contributed by atoms with Gasteiger partial charge in [-0.05, 0) is 85.5 Å². The maximum atomic E-state index is 14.8. The molecule has 0 saturated heterocycles. The molecular formula is C38H37FN6O2S. The summed E-state index contributed by atoms with van der Waals surface area (Å²) in [6, 6.07) is 13.0. The Balaban J connectivity index is 1.52. The number of carbonyl (C=O) groups is 1. The van der Waals surface area contributed by atoms with Crippen molar-refractivity contribution in [1.29, 1.82) is 5.41 Å². The van der Waals surface area contributed by atoms with Crippen molar-refractivity contribution in [2.24, 2.45) is 0 Å². The van der Waals surface area contributed by atoms with E-state index in [-0.39, 0.29) is 11.7 Å². The molecule has 7 rings (SSSR count). The molecule has 2 aliphatic rings. The Morgan fingerprint density at radius 1 is 1.08 bits per heavy atom. The second-order valence-electron chi connectivity index (χ2n) is 12.0. The van der Waals surface area contributed by atoms with Gasteiger partial charge in [0, 0.05) is 63.9 Å². The van der Waals surface area contributed by atoms with E-state index in [2.05, 4.69) is 47.6 Å². The molecule has 0 aliphatic carbocycles. The molecule has 0 atom stereocenters. The first-order chi connectivity index (χ1) is 23.5. The van der Waals surface area contributed by atoms with Gasteiger partial charge in [0.2, 0.25) is 5.91 Å². The lowest BCUT2D eigenvalue weighted by Crippen LogP contribution is -2.37. The number of rotatable bonds is 4. The standard InChI is InChI=1S/C38H37FN6O2S/c1-3-34(46)44-14-15-45-27(23-44)21-32(43-45)37-35-28-12-11-26(39)20-33(28)47-16-9-7-5-4-6-8-10-24-19-31(41-2)25(22-40)18-30(24)36(42-37)29-13-17-48-38(29)35/h3-4,6,11-13,17-22,40-41H,1,5,7-10,14-16,23H2,2H3/b6-4+,40-22?. The number of allylic oxidation sites excluding steroid dienone is 2. The molecule has 1 amide bonds. The van der Waals surface area contributed by atoms with Gasteiger partial charge < -0.3 is 20.4 Å². The Morgan fingerprint density at radius 2 is 1.96 bits per heavy atom. The summed E-state index contributed by atoms with van der Waals surface area (Å²) in [6.45, 7) is 5.63. The number of halogens is 1. The Bertz CT molecular complexity index is 2080. The summed E-state index contributed by atoms with van der Waals surface area (Å²) in [7, 11) is 1.88. The molecule has 5 aromatic rings. The van der Waals surface area contributed by atoms with E-state index < -0.39 is 0 Å². The van der Waals surface area contributed by atoms with Crippen LogP contribution in [0.15, 0.2) is 72.7 Å². The smallest absolute Gasteiger partial charge is 0.246 e. The van der Waals surface area contributed by atoms with E-state index in [1.54, 1.807) is 22.3 Å². The van der Waals surface area contributed by atoms with Gasteiger partial charge in [0.15, 0.2) is 0 Å². The van der Waals surface area contributed by atoms with Crippen molar-refractivity contribution in [2.75, 3.05) is 25.5 Å². The van der Waals surface area contributed by atoms with E-state index in [0.717, 1.165) is 87.1 Å². The number of aryl methyl sites for hydroxylation is 1. The van der Waals surface area contributed by atoms with Crippen LogP contribution < -0.4 is 10.1 Å². The number of hydrogen-bond donors (Lipinski definition) is 2. The molecule has 2 aliphatic heterocycles. The summed E-state index contributed by atoms with van der Waals surface area (Å²) >= 11 is 1.60. The molecule has 48 heavy (non-hydrogen) atoms. The molecule has 244 valence electrons. The van der Waals surface area contributed by atoms with E-state index in [4.69, 9.17) is 20.2 Å². The highest BCUT2D eigenvalue weighted by Crippen LogP contribution is 2.47. The summed E-state index contributed by atoms with van der Waals surface area (Å²) in [4.78, 5) is 19.7. The monoisotopic (exact) mass is 660 g/mol. The average molecular weight is 661 g/mol. The third-order valence-corrected chi connectivity index (χ3v) is 10.0. The molecular weight excluding hydrogens is 624 g/mol. The molecule has 2 N–H and O–H groups in total. The van der Waals surface area contributed by atoms with Crippen molar-refractivity contribution in [3.8, 4) is 39.5 Å². The van der Waals surface area contributed by atoms with Crippen LogP contribution in [0, 0.1) is 11.2 Å². The lowest BCUT2D eigenvalue weighted by Gasteiger charge is -2.26. The fraction of sp³-hybridized carbons (Fsp3) is 0.263. The van der Waals surface area contributed by atoms with Crippen LogP contribution in [0.3, 0.4) is 0 Å². The number of fused-ring (bicyclic) bond motifs is 5. The van der Waals surface area contributed by atoms with Crippen LogP contribution in [-0.2, 0) is 24.3 Å². The zero-order valence-electron chi connectivity index (χ0n) is 26.9. The van der Waals surface area contributed by atoms with Crippen LogP contribution in [0.1, 0.15) is 42.5 Å². The van der Waals surface area contributed by atoms with Crippen molar-refractivity contribution in [3.63, 3.8) is 0 Å². The number of amides is 1. The van der Waals surface area contributed by atoms with Gasteiger partial charge in [0.1, 0.15) is 23.0 Å². The van der Waals surface area contributed by atoms with Gasteiger partial charge in [0.25, 0.3) is 0 Å². The predicted molar refractivity (Wildman–Crippen MR) is 192 cm³/mol. The minimum atomic E-state index is -0.367. The summed E-state index contributed by atoms with van der Waals surface area (Å²) < 4.78 is 24.0. The van der Waals surface area contributed by atoms with Gasteiger partial charge in [-0.25, -0.2) is 9.37 Å². The first-order valence-electron chi connectivity index (χ1n) is 16.3. The second kappa shape index (κ2) is 13.6. The number of thiophene rings is 1. The Morgan fingerprint density at radius 3 is 2.79 bits per heavy atom. The number of pyridine rings is 1. The average Bonchev–Trinajstić information content (AvgIpc) is 3.77. The Labute approximate surface area is 283 Å². The molecule has 2 aromatic carbocycles. The van der Waals surface area contributed by atoms with Gasteiger partial charge in [-0.15, -0.1) is 11.3 Å². The van der Waals surface area contributed by atoms with Crippen molar-refractivity contribution < 1.29 is 13.9 Å². The zero-order valence-corrected chi connectivity index (χ0v) is 27.7. The molecule has 0 saturated carbocycles. The topological polar surface area (TPSA) is 96.1 Å². The van der Waals surface area contributed by atoms with Crippen LogP contribution >= 0.6 is 11.3 Å². The molecule has 0 unspecified atom stereocenters. The highest BCUT2D eigenvalue weighted by molar-refractivity contribution is 7.18. The third-order valence-electron chi connectivity index (χ3n) is 9.07. The summed E-state index contributed by atoms with van der Waals surface area (Å²) in [5.74, 6) is -0.0113. The van der Waals surface area contributed by atoms with Crippen molar-refractivity contribution in [3.05, 3.63) is 95.3 Å². The minimum Gasteiger partial charge on any atom is -0.493 e. The Hall–Kier alpha value is -5.09. The molecule has 2 bridgehead atoms. The van der Waals surface area contributed by atoms with E-state index in [1.807, 2.05) is 17.8 Å². The van der Waals surface area contributed by atoms with Gasteiger partial charge >= 0.3 is 0 Å². The van der Waals surface area contributed by atoms with Crippen molar-refractivity contribution in [1.82, 2.24) is 19.7 Å². The van der Waals surface area contributed by atoms with Gasteiger partial charge in [-0.3, -0.25) is 9.48 Å². The normalized spacial score (nSPS) is 15.5. The lowest BCUT2D eigenvalue weighted by molar-refractivity contribution is -0.127. The van der Waals surface area contributed by atoms with Crippen LogP contribution in [0.5, 0.6) is 5.75 Å². The van der Waals surface area contributed by atoms with Crippen LogP contribution in [0.25, 0.3) is 43.9 Å². The number of hydrogen-bond acceptors (Lipinski definition) is 7. The Kier molecular flexibility index (Phi) is 8.90. The predicted octanol–water partition coefficient (Wildman–Crippen LogP) is 8.25. The molecule has 0 fully saturated rings. The van der Waals surface area contributed by atoms with Crippen LogP contribution in [0.4, 0.5) is 10.1 Å². The van der Waals surface area contributed by atoms with E-state index >= 15 is 0 Å². The van der Waals surface area contributed by atoms with Crippen LogP contribution in [0.2, 0.25) is 0 Å². The van der Waals surface area contributed by atoms with Gasteiger partial charge in [-0.1, -0.05) is 18.7 Å². The van der Waals surface area contributed by atoms with Crippen LogP contribution in [-0.4, -0.2) is 52.0 Å². The summed E-state index contributed by atoms with van der Waals surface area (Å²) in [5, 5.41) is 19.5. The number of anilines is 1. The molecule has 3 aromatic heterocycles. The molecule has 5 heterocycles. The second-order valence-corrected chi connectivity index (χ2v) is 13.0. The van der Waals surface area contributed by atoms with E-state index in [9.17, 15) is 9.18 Å². The maximum absolute atomic E-state index is 14.8. The maximum Gasteiger partial charge on any atom is 0.246 e. The summed E-state index contributed by atoms with van der Waals surface area (Å²) in [5.41, 5.74) is 8.37. The fourth-order valence-corrected chi connectivity index (χ4v) is 7.59. The number of ether oxygens (including phenoxy) is 1. The molecule has 0 spiro atoms. The first-order valence-corrected chi connectivity index (χ1v) is 17.2. The van der Waals surface area contributed by atoms with Crippen molar-refractivity contribution >= 4 is 39.2 Å². The zero-order chi connectivity index (χ0) is 33.2. The highest BCUT2D eigenvalue weighted by atomic mass is 32.1.